The second-order valence-electron chi connectivity index (χ2n) is 7.12. The van der Waals surface area contributed by atoms with E-state index in [1.165, 1.54) is 31.2 Å². The fourth-order valence-electron chi connectivity index (χ4n) is 2.93. The van der Waals surface area contributed by atoms with Crippen molar-refractivity contribution < 1.29 is 4.79 Å². The minimum Gasteiger partial charge on any atom is -0.337 e. The zero-order chi connectivity index (χ0) is 18.7. The van der Waals surface area contributed by atoms with Gasteiger partial charge in [0, 0.05) is 18.8 Å². The first-order valence-corrected chi connectivity index (χ1v) is 9.86. The van der Waals surface area contributed by atoms with Crippen LogP contribution in [0.3, 0.4) is 0 Å². The van der Waals surface area contributed by atoms with E-state index in [2.05, 4.69) is 49.3 Å². The number of para-hydroxylation sites is 1. The summed E-state index contributed by atoms with van der Waals surface area (Å²) in [5.74, 6) is 0.383. The number of rotatable bonds is 11. The van der Waals surface area contributed by atoms with Gasteiger partial charge in [-0.25, -0.2) is 4.79 Å². The summed E-state index contributed by atoms with van der Waals surface area (Å²) in [6, 6.07) is 6.07. The van der Waals surface area contributed by atoms with Gasteiger partial charge >= 0.3 is 6.03 Å². The van der Waals surface area contributed by atoms with Gasteiger partial charge in [0.15, 0.2) is 0 Å². The van der Waals surface area contributed by atoms with Gasteiger partial charge in [-0.1, -0.05) is 58.7 Å². The smallest absolute Gasteiger partial charge is 0.319 e. The van der Waals surface area contributed by atoms with Gasteiger partial charge in [-0.15, -0.1) is 0 Å². The highest BCUT2D eigenvalue weighted by molar-refractivity contribution is 5.91. The molecule has 0 saturated heterocycles. The van der Waals surface area contributed by atoms with Crippen molar-refractivity contribution in [1.29, 1.82) is 0 Å². The van der Waals surface area contributed by atoms with E-state index < -0.39 is 0 Å². The first-order valence-electron chi connectivity index (χ1n) is 9.86. The average molecular weight is 348 g/mol. The maximum Gasteiger partial charge on any atom is 0.319 e. The van der Waals surface area contributed by atoms with Crippen molar-refractivity contribution in [2.75, 3.05) is 31.5 Å². The molecule has 1 aromatic carbocycles. The second kappa shape index (κ2) is 11.9. The Labute approximate surface area is 154 Å². The Bertz CT molecular complexity index is 506. The molecule has 4 nitrogen and oxygen atoms in total. The van der Waals surface area contributed by atoms with Crippen LogP contribution < -0.4 is 10.6 Å². The van der Waals surface area contributed by atoms with Gasteiger partial charge in [-0.2, -0.15) is 0 Å². The molecule has 0 radical (unpaired) electrons. The predicted molar refractivity (Wildman–Crippen MR) is 109 cm³/mol. The summed E-state index contributed by atoms with van der Waals surface area (Å²) in [5, 5.41) is 6.07. The quantitative estimate of drug-likeness (QED) is 0.582. The molecule has 0 aliphatic carbocycles. The van der Waals surface area contributed by atoms with Crippen LogP contribution in [0.25, 0.3) is 0 Å². The molecule has 0 aliphatic heterocycles. The number of hydrogen-bond acceptors (Lipinski definition) is 2. The molecule has 2 amide bonds. The van der Waals surface area contributed by atoms with Crippen molar-refractivity contribution in [3.63, 3.8) is 0 Å². The van der Waals surface area contributed by atoms with Crippen LogP contribution in [0.15, 0.2) is 18.2 Å². The largest absolute Gasteiger partial charge is 0.337 e. The molecule has 0 spiro atoms. The molecule has 0 aliphatic rings. The summed E-state index contributed by atoms with van der Waals surface area (Å²) in [7, 11) is 0. The molecule has 0 saturated carbocycles. The van der Waals surface area contributed by atoms with E-state index in [-0.39, 0.29) is 6.03 Å². The van der Waals surface area contributed by atoms with Crippen LogP contribution in [-0.4, -0.2) is 37.1 Å². The summed E-state index contributed by atoms with van der Waals surface area (Å²) in [5.41, 5.74) is 3.24. The molecule has 142 valence electrons. The number of nitrogens with zero attached hydrogens (tertiary/aromatic N) is 1. The van der Waals surface area contributed by atoms with E-state index >= 15 is 0 Å². The lowest BCUT2D eigenvalue weighted by Gasteiger charge is -2.22. The van der Waals surface area contributed by atoms with Crippen LogP contribution in [0, 0.1) is 6.92 Å². The molecule has 0 fully saturated rings. The normalized spacial score (nSPS) is 11.2. The van der Waals surface area contributed by atoms with E-state index in [9.17, 15) is 4.79 Å². The molecule has 2 N–H and O–H groups in total. The number of anilines is 1. The zero-order valence-corrected chi connectivity index (χ0v) is 16.8. The van der Waals surface area contributed by atoms with E-state index in [1.54, 1.807) is 0 Å². The Kier molecular flexibility index (Phi) is 10.2. The fourth-order valence-corrected chi connectivity index (χ4v) is 2.93. The Morgan fingerprint density at radius 1 is 1.08 bits per heavy atom. The summed E-state index contributed by atoms with van der Waals surface area (Å²) in [4.78, 5) is 14.8. The fraction of sp³-hybridized carbons (Fsp3) is 0.667. The maximum absolute atomic E-state index is 12.3. The Hall–Kier alpha value is -1.55. The topological polar surface area (TPSA) is 44.4 Å². The SMILES string of the molecule is CCCCN(CCCC)CCNC(=O)Nc1c(C)cccc1C(C)C. The molecule has 0 aromatic heterocycles. The average Bonchev–Trinajstić information content (AvgIpc) is 2.58. The highest BCUT2D eigenvalue weighted by atomic mass is 16.2. The summed E-state index contributed by atoms with van der Waals surface area (Å²) < 4.78 is 0. The van der Waals surface area contributed by atoms with Crippen LogP contribution in [0.2, 0.25) is 0 Å². The second-order valence-corrected chi connectivity index (χ2v) is 7.12. The van der Waals surface area contributed by atoms with Gasteiger partial charge in [-0.3, -0.25) is 0 Å². The highest BCUT2D eigenvalue weighted by Crippen LogP contribution is 2.27. The zero-order valence-electron chi connectivity index (χ0n) is 16.8. The molecule has 0 bridgehead atoms. The first-order chi connectivity index (χ1) is 12.0. The number of unbranched alkanes of at least 4 members (excludes halogenated alkanes) is 2. The van der Waals surface area contributed by atoms with Crippen LogP contribution >= 0.6 is 0 Å². The van der Waals surface area contributed by atoms with E-state index in [1.807, 2.05) is 19.1 Å². The lowest BCUT2D eigenvalue weighted by molar-refractivity contribution is 0.242. The molecule has 4 heteroatoms. The third-order valence-electron chi connectivity index (χ3n) is 4.53. The Morgan fingerprint density at radius 3 is 2.28 bits per heavy atom. The van der Waals surface area contributed by atoms with Gasteiger partial charge in [0.05, 0.1) is 0 Å². The number of amides is 2. The minimum atomic E-state index is -0.109. The molecule has 1 aromatic rings. The lowest BCUT2D eigenvalue weighted by Crippen LogP contribution is -2.38. The van der Waals surface area contributed by atoms with Gasteiger partial charge in [0.2, 0.25) is 0 Å². The van der Waals surface area contributed by atoms with Gasteiger partial charge < -0.3 is 15.5 Å². The van der Waals surface area contributed by atoms with Crippen molar-refractivity contribution in [3.05, 3.63) is 29.3 Å². The number of carbonyl (C=O) groups excluding carboxylic acids is 1. The lowest BCUT2D eigenvalue weighted by atomic mass is 9.98. The number of urea groups is 1. The van der Waals surface area contributed by atoms with Crippen molar-refractivity contribution in [3.8, 4) is 0 Å². The summed E-state index contributed by atoms with van der Waals surface area (Å²) in [6.45, 7) is 14.6. The maximum atomic E-state index is 12.3. The van der Waals surface area contributed by atoms with Crippen molar-refractivity contribution in [2.45, 2.75) is 66.2 Å². The predicted octanol–water partition coefficient (Wildman–Crippen LogP) is 5.14. The summed E-state index contributed by atoms with van der Waals surface area (Å²) >= 11 is 0. The molecule has 25 heavy (non-hydrogen) atoms. The molecule has 0 unspecified atom stereocenters. The highest BCUT2D eigenvalue weighted by Gasteiger charge is 2.12. The van der Waals surface area contributed by atoms with E-state index in [4.69, 9.17) is 0 Å². The molecular weight excluding hydrogens is 310 g/mol. The van der Waals surface area contributed by atoms with Gasteiger partial charge in [-0.05, 0) is 49.9 Å². The van der Waals surface area contributed by atoms with Crippen LogP contribution in [0.4, 0.5) is 10.5 Å². The molecule has 0 atom stereocenters. The summed E-state index contributed by atoms with van der Waals surface area (Å²) in [6.07, 6.45) is 4.86. The van der Waals surface area contributed by atoms with Crippen LogP contribution in [-0.2, 0) is 0 Å². The van der Waals surface area contributed by atoms with Crippen molar-refractivity contribution >= 4 is 11.7 Å². The molecular formula is C21H37N3O. The number of aryl methyl sites for hydroxylation is 1. The number of benzene rings is 1. The third kappa shape index (κ3) is 7.91. The number of nitrogens with one attached hydrogen (secondary N) is 2. The van der Waals surface area contributed by atoms with Crippen molar-refractivity contribution in [2.24, 2.45) is 0 Å². The van der Waals surface area contributed by atoms with Gasteiger partial charge in [0.25, 0.3) is 0 Å². The number of carbonyl (C=O) groups is 1. The first kappa shape index (κ1) is 21.5. The van der Waals surface area contributed by atoms with E-state index in [0.29, 0.717) is 12.5 Å². The van der Waals surface area contributed by atoms with E-state index in [0.717, 1.165) is 30.9 Å². The van der Waals surface area contributed by atoms with Crippen LogP contribution in [0.1, 0.15) is 70.4 Å². The molecule has 0 heterocycles. The van der Waals surface area contributed by atoms with Gasteiger partial charge in [0.1, 0.15) is 0 Å². The molecule has 1 rings (SSSR count). The van der Waals surface area contributed by atoms with Crippen molar-refractivity contribution in [1.82, 2.24) is 10.2 Å². The standard InChI is InChI=1S/C21H37N3O/c1-6-8-14-24(15-9-7-2)16-13-22-21(25)23-20-18(5)11-10-12-19(20)17(3)4/h10-12,17H,6-9,13-16H2,1-5H3,(H2,22,23,25). The third-order valence-corrected chi connectivity index (χ3v) is 4.53. The van der Waals surface area contributed by atoms with Crippen LogP contribution in [0.5, 0.6) is 0 Å². The Balaban J connectivity index is 2.51. The monoisotopic (exact) mass is 347 g/mol. The Morgan fingerprint density at radius 2 is 1.72 bits per heavy atom. The minimum absolute atomic E-state index is 0.109. The number of hydrogen-bond donors (Lipinski definition) is 2.